The van der Waals surface area contributed by atoms with E-state index in [4.69, 9.17) is 20.3 Å². The number of hydrogen-bond donors (Lipinski definition) is 0. The first-order valence-corrected chi connectivity index (χ1v) is 7.08. The lowest BCUT2D eigenvalue weighted by molar-refractivity contribution is 0.331. The van der Waals surface area contributed by atoms with E-state index in [9.17, 15) is 0 Å². The summed E-state index contributed by atoms with van der Waals surface area (Å²) in [5, 5.41) is 0. The van der Waals surface area contributed by atoms with Crippen molar-refractivity contribution in [3.63, 3.8) is 0 Å². The minimum absolute atomic E-state index is 0.203. The second-order valence-corrected chi connectivity index (χ2v) is 4.76. The maximum atomic E-state index is 5.65. The minimum Gasteiger partial charge on any atom is -0.493 e. The van der Waals surface area contributed by atoms with Gasteiger partial charge in [0.25, 0.3) is 0 Å². The molecule has 4 heteroatoms. The van der Waals surface area contributed by atoms with Gasteiger partial charge in [-0.1, -0.05) is 24.1 Å². The molecule has 3 aromatic rings. The summed E-state index contributed by atoms with van der Waals surface area (Å²) in [6, 6.07) is 13.2. The Morgan fingerprint density at radius 1 is 1.17 bits per heavy atom. The van der Waals surface area contributed by atoms with E-state index in [1.54, 1.807) is 7.11 Å². The molecule has 0 amide bonds. The van der Waals surface area contributed by atoms with Gasteiger partial charge >= 0.3 is 0 Å². The van der Waals surface area contributed by atoms with E-state index >= 15 is 0 Å². The average molecular weight is 305 g/mol. The van der Waals surface area contributed by atoms with Crippen LogP contribution < -0.4 is 9.47 Å². The third-order valence-electron chi connectivity index (χ3n) is 3.23. The summed E-state index contributed by atoms with van der Waals surface area (Å²) >= 11 is 0. The number of nitrogens with zero attached hydrogens (tertiary/aromatic N) is 1. The Morgan fingerprint density at radius 2 is 2.04 bits per heavy atom. The summed E-state index contributed by atoms with van der Waals surface area (Å²) in [7, 11) is 1.59. The van der Waals surface area contributed by atoms with Crippen LogP contribution in [0.25, 0.3) is 23.3 Å². The first-order valence-electron chi connectivity index (χ1n) is 7.08. The number of benzene rings is 2. The van der Waals surface area contributed by atoms with Gasteiger partial charge < -0.3 is 13.9 Å². The van der Waals surface area contributed by atoms with Crippen LogP contribution in [0.1, 0.15) is 11.5 Å². The van der Waals surface area contributed by atoms with Crippen molar-refractivity contribution in [1.82, 2.24) is 4.98 Å². The van der Waals surface area contributed by atoms with Crippen molar-refractivity contribution in [1.29, 1.82) is 0 Å². The molecular formula is C19H15NO3. The molecule has 4 nitrogen and oxygen atoms in total. The molecule has 114 valence electrons. The first-order chi connectivity index (χ1) is 11.3. The average Bonchev–Trinajstić information content (AvgIpc) is 3.01. The van der Waals surface area contributed by atoms with Crippen molar-refractivity contribution in [2.24, 2.45) is 0 Å². The summed E-state index contributed by atoms with van der Waals surface area (Å²) in [5.74, 6) is 4.22. The van der Waals surface area contributed by atoms with Gasteiger partial charge in [-0.3, -0.25) is 0 Å². The molecule has 0 aliphatic carbocycles. The fourth-order valence-electron chi connectivity index (χ4n) is 2.16. The molecule has 0 N–H and O–H groups in total. The van der Waals surface area contributed by atoms with E-state index in [0.717, 1.165) is 16.7 Å². The van der Waals surface area contributed by atoms with Gasteiger partial charge in [-0.15, -0.1) is 6.42 Å². The van der Waals surface area contributed by atoms with Gasteiger partial charge in [-0.25, -0.2) is 4.98 Å². The molecule has 2 aromatic carbocycles. The molecule has 0 fully saturated rings. The lowest BCUT2D eigenvalue weighted by atomic mass is 10.2. The topological polar surface area (TPSA) is 44.5 Å². The van der Waals surface area contributed by atoms with Gasteiger partial charge in [0.2, 0.25) is 5.89 Å². The Balaban J connectivity index is 1.82. The first kappa shape index (κ1) is 14.7. The molecule has 3 rings (SSSR count). The molecule has 1 aromatic heterocycles. The number of methoxy groups -OCH3 is 1. The zero-order chi connectivity index (χ0) is 16.1. The Hall–Kier alpha value is -3.19. The maximum Gasteiger partial charge on any atom is 0.220 e. The molecule has 0 bridgehead atoms. The molecule has 0 aliphatic heterocycles. The molecule has 23 heavy (non-hydrogen) atoms. The lowest BCUT2D eigenvalue weighted by Crippen LogP contribution is -1.96. The molecule has 0 radical (unpaired) electrons. The normalized spacial score (nSPS) is 10.8. The SMILES string of the molecule is C#CCOc1ccc(C=Cc2nc3ccccc3o2)cc1OC. The van der Waals surface area contributed by atoms with E-state index in [0.29, 0.717) is 17.4 Å². The smallest absolute Gasteiger partial charge is 0.220 e. The van der Waals surface area contributed by atoms with E-state index in [1.807, 2.05) is 54.6 Å². The summed E-state index contributed by atoms with van der Waals surface area (Å²) in [5.41, 5.74) is 2.54. The zero-order valence-electron chi connectivity index (χ0n) is 12.7. The molecule has 0 saturated carbocycles. The van der Waals surface area contributed by atoms with Crippen molar-refractivity contribution < 1.29 is 13.9 Å². The van der Waals surface area contributed by atoms with Crippen LogP contribution in [0.5, 0.6) is 11.5 Å². The molecule has 0 unspecified atom stereocenters. The van der Waals surface area contributed by atoms with Crippen molar-refractivity contribution in [3.05, 3.63) is 53.9 Å². The number of terminal acetylenes is 1. The number of oxazole rings is 1. The minimum atomic E-state index is 0.203. The highest BCUT2D eigenvalue weighted by molar-refractivity contribution is 5.76. The van der Waals surface area contributed by atoms with Crippen molar-refractivity contribution in [2.45, 2.75) is 0 Å². The molecule has 0 spiro atoms. The number of aromatic nitrogens is 1. The van der Waals surface area contributed by atoms with E-state index in [-0.39, 0.29) is 6.61 Å². The summed E-state index contributed by atoms with van der Waals surface area (Å²) < 4.78 is 16.4. The fourth-order valence-corrected chi connectivity index (χ4v) is 2.16. The second-order valence-electron chi connectivity index (χ2n) is 4.76. The summed E-state index contributed by atoms with van der Waals surface area (Å²) in [6.07, 6.45) is 8.91. The van der Waals surface area contributed by atoms with E-state index in [1.165, 1.54) is 0 Å². The molecule has 1 heterocycles. The third-order valence-corrected chi connectivity index (χ3v) is 3.23. The Morgan fingerprint density at radius 3 is 2.83 bits per heavy atom. The van der Waals surface area contributed by atoms with Crippen molar-refractivity contribution in [2.75, 3.05) is 13.7 Å². The van der Waals surface area contributed by atoms with Crippen molar-refractivity contribution in [3.8, 4) is 23.8 Å². The molecule has 0 atom stereocenters. The Bertz CT molecular complexity index is 854. The number of rotatable bonds is 5. The van der Waals surface area contributed by atoms with Crippen LogP contribution in [0.3, 0.4) is 0 Å². The van der Waals surface area contributed by atoms with Gasteiger partial charge in [0, 0.05) is 6.08 Å². The fraction of sp³-hybridized carbons (Fsp3) is 0.105. The van der Waals surface area contributed by atoms with E-state index in [2.05, 4.69) is 10.9 Å². The Kier molecular flexibility index (Phi) is 4.30. The predicted octanol–water partition coefficient (Wildman–Crippen LogP) is 4.02. The van der Waals surface area contributed by atoms with Gasteiger partial charge in [-0.05, 0) is 35.9 Å². The highest BCUT2D eigenvalue weighted by Gasteiger charge is 2.05. The summed E-state index contributed by atoms with van der Waals surface area (Å²) in [6.45, 7) is 0.203. The quantitative estimate of drug-likeness (QED) is 0.668. The highest BCUT2D eigenvalue weighted by Crippen LogP contribution is 2.28. The largest absolute Gasteiger partial charge is 0.493 e. The third kappa shape index (κ3) is 3.35. The zero-order valence-corrected chi connectivity index (χ0v) is 12.7. The van der Waals surface area contributed by atoms with Crippen LogP contribution in [0, 0.1) is 12.3 Å². The standard InChI is InChI=1S/C19H15NO3/c1-3-12-22-17-10-8-14(13-18(17)21-2)9-11-19-20-15-6-4-5-7-16(15)23-19/h1,4-11,13H,12H2,2H3. The Labute approximate surface area is 134 Å². The van der Waals surface area contributed by atoms with Crippen LogP contribution in [0.15, 0.2) is 46.9 Å². The lowest BCUT2D eigenvalue weighted by Gasteiger charge is -2.09. The molecule has 0 saturated heterocycles. The second kappa shape index (κ2) is 6.71. The number of para-hydroxylation sites is 2. The van der Waals surface area contributed by atoms with Crippen LogP contribution in [0.2, 0.25) is 0 Å². The van der Waals surface area contributed by atoms with Gasteiger partial charge in [-0.2, -0.15) is 0 Å². The van der Waals surface area contributed by atoms with Gasteiger partial charge in [0.15, 0.2) is 17.1 Å². The van der Waals surface area contributed by atoms with Crippen LogP contribution in [-0.2, 0) is 0 Å². The summed E-state index contributed by atoms with van der Waals surface area (Å²) in [4.78, 5) is 4.40. The monoisotopic (exact) mass is 305 g/mol. The number of fused-ring (bicyclic) bond motifs is 1. The van der Waals surface area contributed by atoms with E-state index < -0.39 is 0 Å². The van der Waals surface area contributed by atoms with Crippen LogP contribution >= 0.6 is 0 Å². The van der Waals surface area contributed by atoms with Crippen LogP contribution in [-0.4, -0.2) is 18.7 Å². The molecular weight excluding hydrogens is 290 g/mol. The number of hydrogen-bond acceptors (Lipinski definition) is 4. The molecule has 0 aliphatic rings. The predicted molar refractivity (Wildman–Crippen MR) is 90.3 cm³/mol. The van der Waals surface area contributed by atoms with Crippen LogP contribution in [0.4, 0.5) is 0 Å². The maximum absolute atomic E-state index is 5.65. The van der Waals surface area contributed by atoms with Crippen molar-refractivity contribution >= 4 is 23.3 Å². The number of ether oxygens (including phenoxy) is 2. The highest BCUT2D eigenvalue weighted by atomic mass is 16.5. The van der Waals surface area contributed by atoms with Gasteiger partial charge in [0.1, 0.15) is 12.1 Å². The van der Waals surface area contributed by atoms with Gasteiger partial charge in [0.05, 0.1) is 7.11 Å².